The van der Waals surface area contributed by atoms with Crippen LogP contribution in [0.4, 0.5) is 18.9 Å². The lowest BCUT2D eigenvalue weighted by atomic mass is 9.90. The highest BCUT2D eigenvalue weighted by Gasteiger charge is 2.41. The zero-order valence-corrected chi connectivity index (χ0v) is 14.1. The van der Waals surface area contributed by atoms with Gasteiger partial charge in [-0.15, -0.1) is 0 Å². The SMILES string of the molecule is Nc1cccc(-c2cc(OC[C@H]3C[C@@H]4CC[C@H]3O4)cc(C(F)(F)F)c2)c1. The summed E-state index contributed by atoms with van der Waals surface area (Å²) >= 11 is 0. The van der Waals surface area contributed by atoms with Crippen molar-refractivity contribution in [2.75, 3.05) is 12.3 Å². The smallest absolute Gasteiger partial charge is 0.416 e. The molecule has 2 aromatic carbocycles. The van der Waals surface area contributed by atoms with Crippen molar-refractivity contribution >= 4 is 5.69 Å². The molecule has 3 atom stereocenters. The van der Waals surface area contributed by atoms with E-state index in [9.17, 15) is 13.2 Å². The van der Waals surface area contributed by atoms with Crippen LogP contribution < -0.4 is 10.5 Å². The summed E-state index contributed by atoms with van der Waals surface area (Å²) in [6.45, 7) is 0.374. The third-order valence-corrected chi connectivity index (χ3v) is 5.15. The zero-order valence-electron chi connectivity index (χ0n) is 14.1. The van der Waals surface area contributed by atoms with E-state index in [1.54, 1.807) is 30.3 Å². The molecule has 138 valence electrons. The molecule has 2 bridgehead atoms. The average molecular weight is 363 g/mol. The second-order valence-electron chi connectivity index (χ2n) is 7.05. The molecule has 4 rings (SSSR count). The predicted molar refractivity (Wildman–Crippen MR) is 92.8 cm³/mol. The van der Waals surface area contributed by atoms with Gasteiger partial charge in [-0.1, -0.05) is 12.1 Å². The second kappa shape index (κ2) is 6.50. The lowest BCUT2D eigenvalue weighted by Gasteiger charge is -2.20. The maximum Gasteiger partial charge on any atom is 0.416 e. The van der Waals surface area contributed by atoms with Crippen molar-refractivity contribution in [1.82, 2.24) is 0 Å². The van der Waals surface area contributed by atoms with E-state index in [0.29, 0.717) is 23.4 Å². The number of rotatable bonds is 4. The molecule has 2 aromatic rings. The summed E-state index contributed by atoms with van der Waals surface area (Å²) in [7, 11) is 0. The van der Waals surface area contributed by atoms with Crippen LogP contribution in [0.1, 0.15) is 24.8 Å². The molecule has 0 amide bonds. The topological polar surface area (TPSA) is 44.5 Å². The first-order valence-electron chi connectivity index (χ1n) is 8.75. The van der Waals surface area contributed by atoms with Crippen LogP contribution in [-0.2, 0) is 10.9 Å². The maximum absolute atomic E-state index is 13.3. The molecule has 0 aliphatic carbocycles. The quantitative estimate of drug-likeness (QED) is 0.786. The van der Waals surface area contributed by atoms with E-state index in [4.69, 9.17) is 15.2 Å². The highest BCUT2D eigenvalue weighted by Crippen LogP contribution is 2.40. The Bertz CT molecular complexity index is 806. The lowest BCUT2D eigenvalue weighted by Crippen LogP contribution is -2.23. The number of nitrogen functional groups attached to an aromatic ring is 1. The van der Waals surface area contributed by atoms with Crippen LogP contribution in [0.15, 0.2) is 42.5 Å². The van der Waals surface area contributed by atoms with Gasteiger partial charge in [0.25, 0.3) is 0 Å². The molecule has 2 saturated heterocycles. The molecule has 2 fully saturated rings. The molecule has 2 aliphatic heterocycles. The number of ether oxygens (including phenoxy) is 2. The first kappa shape index (κ1) is 17.2. The maximum atomic E-state index is 13.3. The molecule has 26 heavy (non-hydrogen) atoms. The van der Waals surface area contributed by atoms with Gasteiger partial charge in [0, 0.05) is 11.6 Å². The summed E-state index contributed by atoms with van der Waals surface area (Å²) in [5.74, 6) is 0.471. The van der Waals surface area contributed by atoms with Crippen LogP contribution in [-0.4, -0.2) is 18.8 Å². The molecule has 0 saturated carbocycles. The number of hydrogen-bond donors (Lipinski definition) is 1. The highest BCUT2D eigenvalue weighted by atomic mass is 19.4. The van der Waals surface area contributed by atoms with Crippen molar-refractivity contribution in [2.24, 2.45) is 5.92 Å². The standard InChI is InChI=1S/C20H20F3NO2/c21-20(22,23)15-6-13(12-2-1-3-16(24)7-12)8-18(10-15)25-11-14-9-17-4-5-19(14)26-17/h1-3,6-8,10,14,17,19H,4-5,9,11,24H2/t14-,17+,19-/m1/s1. The zero-order chi connectivity index (χ0) is 18.3. The van der Waals surface area contributed by atoms with E-state index in [1.807, 2.05) is 0 Å². The van der Waals surface area contributed by atoms with E-state index < -0.39 is 11.7 Å². The van der Waals surface area contributed by atoms with E-state index >= 15 is 0 Å². The predicted octanol–water partition coefficient (Wildman–Crippen LogP) is 4.90. The number of alkyl halides is 3. The number of anilines is 1. The minimum Gasteiger partial charge on any atom is -0.493 e. The normalized spacial score (nSPS) is 24.8. The number of halogens is 3. The molecule has 2 heterocycles. The molecular formula is C20H20F3NO2. The van der Waals surface area contributed by atoms with Crippen molar-refractivity contribution < 1.29 is 22.6 Å². The molecule has 0 spiro atoms. The van der Waals surface area contributed by atoms with Crippen LogP contribution in [0.5, 0.6) is 5.75 Å². The Kier molecular flexibility index (Phi) is 4.31. The average Bonchev–Trinajstić information content (AvgIpc) is 3.22. The van der Waals surface area contributed by atoms with Crippen molar-refractivity contribution in [1.29, 1.82) is 0 Å². The summed E-state index contributed by atoms with van der Waals surface area (Å²) in [5, 5.41) is 0. The summed E-state index contributed by atoms with van der Waals surface area (Å²) in [4.78, 5) is 0. The van der Waals surface area contributed by atoms with Gasteiger partial charge in [0.1, 0.15) is 5.75 Å². The van der Waals surface area contributed by atoms with Crippen molar-refractivity contribution in [2.45, 2.75) is 37.6 Å². The number of benzene rings is 2. The Morgan fingerprint density at radius 2 is 1.92 bits per heavy atom. The fourth-order valence-electron chi connectivity index (χ4n) is 3.85. The lowest BCUT2D eigenvalue weighted by molar-refractivity contribution is -0.137. The van der Waals surface area contributed by atoms with Gasteiger partial charge in [-0.3, -0.25) is 0 Å². The second-order valence-corrected chi connectivity index (χ2v) is 7.05. The van der Waals surface area contributed by atoms with Crippen LogP contribution in [0.25, 0.3) is 11.1 Å². The van der Waals surface area contributed by atoms with Gasteiger partial charge in [0.2, 0.25) is 0 Å². The summed E-state index contributed by atoms with van der Waals surface area (Å²) in [6, 6.07) is 10.6. The van der Waals surface area contributed by atoms with E-state index in [2.05, 4.69) is 0 Å². The molecule has 0 radical (unpaired) electrons. The number of hydrogen-bond acceptors (Lipinski definition) is 3. The van der Waals surface area contributed by atoms with Crippen LogP contribution in [0.3, 0.4) is 0 Å². The van der Waals surface area contributed by atoms with Crippen molar-refractivity contribution in [3.05, 3.63) is 48.0 Å². The van der Waals surface area contributed by atoms with E-state index in [-0.39, 0.29) is 23.9 Å². The molecular weight excluding hydrogens is 343 g/mol. The molecule has 0 unspecified atom stereocenters. The molecule has 6 heteroatoms. The monoisotopic (exact) mass is 363 g/mol. The Hall–Kier alpha value is -2.21. The fraction of sp³-hybridized carbons (Fsp3) is 0.400. The minimum atomic E-state index is -4.44. The molecule has 2 N–H and O–H groups in total. The van der Waals surface area contributed by atoms with Gasteiger partial charge < -0.3 is 15.2 Å². The largest absolute Gasteiger partial charge is 0.493 e. The van der Waals surface area contributed by atoms with E-state index in [1.165, 1.54) is 0 Å². The van der Waals surface area contributed by atoms with Crippen molar-refractivity contribution in [3.63, 3.8) is 0 Å². The van der Waals surface area contributed by atoms with Crippen LogP contribution >= 0.6 is 0 Å². The molecule has 3 nitrogen and oxygen atoms in total. The summed E-state index contributed by atoms with van der Waals surface area (Å²) in [6.07, 6.45) is -0.965. The Balaban J connectivity index is 1.60. The Morgan fingerprint density at radius 3 is 2.58 bits per heavy atom. The highest BCUT2D eigenvalue weighted by molar-refractivity contribution is 5.69. The van der Waals surface area contributed by atoms with Gasteiger partial charge in [-0.2, -0.15) is 13.2 Å². The molecule has 2 aliphatic rings. The summed E-state index contributed by atoms with van der Waals surface area (Å²) < 4.78 is 51.5. The van der Waals surface area contributed by atoms with Crippen LogP contribution in [0, 0.1) is 5.92 Å². The first-order chi connectivity index (χ1) is 12.4. The van der Waals surface area contributed by atoms with Crippen molar-refractivity contribution in [3.8, 4) is 16.9 Å². The third kappa shape index (κ3) is 3.51. The van der Waals surface area contributed by atoms with Gasteiger partial charge in [0.05, 0.1) is 24.4 Å². The minimum absolute atomic E-state index is 0.180. The Labute approximate surface area is 149 Å². The van der Waals surface area contributed by atoms with Crippen LogP contribution in [0.2, 0.25) is 0 Å². The van der Waals surface area contributed by atoms with Gasteiger partial charge in [-0.05, 0) is 60.7 Å². The van der Waals surface area contributed by atoms with Gasteiger partial charge in [0.15, 0.2) is 0 Å². The molecule has 0 aromatic heterocycles. The Morgan fingerprint density at radius 1 is 1.08 bits per heavy atom. The number of fused-ring (bicyclic) bond motifs is 2. The van der Waals surface area contributed by atoms with Gasteiger partial charge in [-0.25, -0.2) is 0 Å². The summed E-state index contributed by atoms with van der Waals surface area (Å²) in [5.41, 5.74) is 6.61. The van der Waals surface area contributed by atoms with E-state index in [0.717, 1.165) is 31.4 Å². The number of nitrogens with two attached hydrogens (primary N) is 1. The first-order valence-corrected chi connectivity index (χ1v) is 8.75. The fourth-order valence-corrected chi connectivity index (χ4v) is 3.85. The third-order valence-electron chi connectivity index (χ3n) is 5.15. The van der Waals surface area contributed by atoms with Gasteiger partial charge >= 0.3 is 6.18 Å².